The smallest absolute Gasteiger partial charge is 0.216 e. The molecular formula is C16H19N7. The van der Waals surface area contributed by atoms with Crippen LogP contribution in [0.15, 0.2) is 30.5 Å². The Morgan fingerprint density at radius 2 is 2.22 bits per heavy atom. The van der Waals surface area contributed by atoms with Gasteiger partial charge in [-0.15, -0.1) is 10.2 Å². The minimum Gasteiger partial charge on any atom is -0.360 e. The van der Waals surface area contributed by atoms with Gasteiger partial charge in [0.1, 0.15) is 11.6 Å². The first-order valence-corrected chi connectivity index (χ1v) is 7.77. The molecule has 118 valence electrons. The molecule has 1 aromatic carbocycles. The van der Waals surface area contributed by atoms with Gasteiger partial charge in [0.15, 0.2) is 0 Å². The van der Waals surface area contributed by atoms with Crippen molar-refractivity contribution in [2.24, 2.45) is 0 Å². The number of aromatic nitrogens is 4. The van der Waals surface area contributed by atoms with Crippen molar-refractivity contribution >= 4 is 11.3 Å². The largest absolute Gasteiger partial charge is 0.360 e. The van der Waals surface area contributed by atoms with Gasteiger partial charge in [-0.05, 0) is 48.8 Å². The van der Waals surface area contributed by atoms with Crippen molar-refractivity contribution in [3.8, 4) is 6.07 Å². The fourth-order valence-corrected chi connectivity index (χ4v) is 2.71. The van der Waals surface area contributed by atoms with E-state index in [0.717, 1.165) is 12.2 Å². The monoisotopic (exact) mass is 309 g/mol. The number of H-pyrrole nitrogens is 1. The Hall–Kier alpha value is -2.72. The Labute approximate surface area is 135 Å². The van der Waals surface area contributed by atoms with Crippen LogP contribution < -0.4 is 5.32 Å². The normalized spacial score (nSPS) is 16.0. The third-order valence-corrected chi connectivity index (χ3v) is 3.87. The summed E-state index contributed by atoms with van der Waals surface area (Å²) in [5.74, 6) is 0.282. The van der Waals surface area contributed by atoms with E-state index in [9.17, 15) is 0 Å². The molecule has 1 aromatic heterocycles. The van der Waals surface area contributed by atoms with Gasteiger partial charge in [-0.3, -0.25) is 4.90 Å². The predicted octanol–water partition coefficient (Wildman–Crippen LogP) is 2.16. The Kier molecular flexibility index (Phi) is 4.96. The molecule has 1 aliphatic rings. The molecule has 0 spiro atoms. The van der Waals surface area contributed by atoms with E-state index in [1.54, 1.807) is 6.20 Å². The number of nitriles is 1. The highest BCUT2D eigenvalue weighted by atomic mass is 15.5. The van der Waals surface area contributed by atoms with Crippen molar-refractivity contribution in [2.45, 2.75) is 25.8 Å². The average Bonchev–Trinajstić information content (AvgIpc) is 3.11. The molecule has 2 heterocycles. The van der Waals surface area contributed by atoms with Crippen LogP contribution in [-0.2, 0) is 6.54 Å². The van der Waals surface area contributed by atoms with E-state index in [1.165, 1.54) is 37.9 Å². The van der Waals surface area contributed by atoms with Crippen molar-refractivity contribution in [1.29, 1.82) is 5.26 Å². The molecule has 7 heteroatoms. The van der Waals surface area contributed by atoms with Crippen LogP contribution in [0.2, 0.25) is 0 Å². The number of nitrogens with zero attached hydrogens (tertiary/aromatic N) is 5. The lowest BCUT2D eigenvalue weighted by Gasteiger charge is -2.26. The summed E-state index contributed by atoms with van der Waals surface area (Å²) in [6.07, 6.45) is 5.52. The van der Waals surface area contributed by atoms with Crippen LogP contribution in [0.4, 0.5) is 5.69 Å². The number of hydrogen-bond donors (Lipinski definition) is 2. The summed E-state index contributed by atoms with van der Waals surface area (Å²) in [4.78, 5) is 2.48. The van der Waals surface area contributed by atoms with E-state index in [4.69, 9.17) is 5.26 Å². The van der Waals surface area contributed by atoms with Crippen molar-refractivity contribution in [1.82, 2.24) is 25.5 Å². The summed E-state index contributed by atoms with van der Waals surface area (Å²) in [6, 6.07) is 10.3. The highest BCUT2D eigenvalue weighted by molar-refractivity contribution is 5.74. The number of rotatable bonds is 5. The summed E-state index contributed by atoms with van der Waals surface area (Å²) in [6.45, 7) is 3.32. The third-order valence-electron chi connectivity index (χ3n) is 3.87. The number of anilines is 1. The van der Waals surface area contributed by atoms with E-state index in [-0.39, 0.29) is 5.82 Å². The quantitative estimate of drug-likeness (QED) is 0.822. The first-order chi connectivity index (χ1) is 11.3. The lowest BCUT2D eigenvalue weighted by molar-refractivity contribution is 0.221. The van der Waals surface area contributed by atoms with Gasteiger partial charge in [0.2, 0.25) is 5.82 Å². The first-order valence-electron chi connectivity index (χ1n) is 7.77. The first kappa shape index (κ1) is 15.2. The lowest BCUT2D eigenvalue weighted by Crippen LogP contribution is -2.29. The van der Waals surface area contributed by atoms with Crippen LogP contribution in [0.3, 0.4) is 0 Å². The van der Waals surface area contributed by atoms with Crippen molar-refractivity contribution in [3.05, 3.63) is 41.9 Å². The topological polar surface area (TPSA) is 93.5 Å². The molecule has 0 amide bonds. The summed E-state index contributed by atoms with van der Waals surface area (Å²) in [5.41, 5.74) is 2.54. The van der Waals surface area contributed by atoms with Crippen molar-refractivity contribution in [3.63, 3.8) is 0 Å². The van der Waals surface area contributed by atoms with Gasteiger partial charge in [-0.1, -0.05) is 18.6 Å². The Morgan fingerprint density at radius 3 is 2.96 bits per heavy atom. The Morgan fingerprint density at radius 1 is 1.35 bits per heavy atom. The molecular weight excluding hydrogens is 290 g/mol. The molecule has 7 nitrogen and oxygen atoms in total. The summed E-state index contributed by atoms with van der Waals surface area (Å²) >= 11 is 0. The van der Waals surface area contributed by atoms with E-state index in [2.05, 4.69) is 49.0 Å². The number of likely N-dealkylation sites (tertiary alicyclic amines) is 1. The molecule has 2 aromatic rings. The number of aromatic amines is 1. The minimum absolute atomic E-state index is 0.282. The van der Waals surface area contributed by atoms with Gasteiger partial charge in [-0.2, -0.15) is 10.5 Å². The van der Waals surface area contributed by atoms with Gasteiger partial charge in [0.25, 0.3) is 0 Å². The molecule has 23 heavy (non-hydrogen) atoms. The molecule has 3 rings (SSSR count). The van der Waals surface area contributed by atoms with Crippen LogP contribution in [-0.4, -0.2) is 38.6 Å². The molecule has 0 aliphatic carbocycles. The second kappa shape index (κ2) is 7.51. The Balaban J connectivity index is 1.66. The van der Waals surface area contributed by atoms with Crippen LogP contribution >= 0.6 is 0 Å². The maximum Gasteiger partial charge on any atom is 0.216 e. The average molecular weight is 309 g/mol. The van der Waals surface area contributed by atoms with Crippen molar-refractivity contribution < 1.29 is 0 Å². The number of piperidine rings is 1. The molecule has 0 bridgehead atoms. The van der Waals surface area contributed by atoms with Crippen LogP contribution in [0.1, 0.15) is 30.7 Å². The van der Waals surface area contributed by atoms with Crippen LogP contribution in [0.5, 0.6) is 0 Å². The zero-order valence-electron chi connectivity index (χ0n) is 12.9. The number of allylic oxidation sites excluding steroid dienone is 1. The van der Waals surface area contributed by atoms with Gasteiger partial charge >= 0.3 is 0 Å². The third kappa shape index (κ3) is 4.14. The van der Waals surface area contributed by atoms with E-state index < -0.39 is 0 Å². The lowest BCUT2D eigenvalue weighted by atomic mass is 10.1. The second-order valence-corrected chi connectivity index (χ2v) is 5.59. The SMILES string of the molecule is N#CC(=CNc1cccc(CN2CCCCC2)c1)c1nn[nH]n1. The Bertz CT molecular complexity index is 693. The highest BCUT2D eigenvalue weighted by Crippen LogP contribution is 2.17. The molecule has 1 aliphatic heterocycles. The molecule has 2 N–H and O–H groups in total. The van der Waals surface area contributed by atoms with Gasteiger partial charge in [0.05, 0.1) is 0 Å². The summed E-state index contributed by atoms with van der Waals surface area (Å²) in [7, 11) is 0. The summed E-state index contributed by atoms with van der Waals surface area (Å²) < 4.78 is 0. The van der Waals surface area contributed by atoms with Crippen LogP contribution in [0, 0.1) is 11.3 Å². The van der Waals surface area contributed by atoms with E-state index in [0.29, 0.717) is 5.57 Å². The zero-order valence-corrected chi connectivity index (χ0v) is 12.9. The standard InChI is InChI=1S/C16H19N7/c17-10-14(16-19-21-22-20-16)11-18-15-6-4-5-13(9-15)12-23-7-2-1-3-8-23/h4-6,9,11,18H,1-3,7-8,12H2,(H,19,20,21,22). The van der Waals surface area contributed by atoms with Crippen molar-refractivity contribution in [2.75, 3.05) is 18.4 Å². The minimum atomic E-state index is 0.282. The maximum atomic E-state index is 9.16. The molecule has 0 radical (unpaired) electrons. The van der Waals surface area contributed by atoms with Crippen LogP contribution in [0.25, 0.3) is 5.57 Å². The number of hydrogen-bond acceptors (Lipinski definition) is 6. The van der Waals surface area contributed by atoms with E-state index >= 15 is 0 Å². The predicted molar refractivity (Wildman–Crippen MR) is 87.0 cm³/mol. The maximum absolute atomic E-state index is 9.16. The zero-order chi connectivity index (χ0) is 15.9. The van der Waals surface area contributed by atoms with Gasteiger partial charge in [0, 0.05) is 18.4 Å². The molecule has 0 unspecified atom stereocenters. The molecule has 1 fully saturated rings. The fraction of sp³-hybridized carbons (Fsp3) is 0.375. The second-order valence-electron chi connectivity index (χ2n) is 5.59. The molecule has 1 saturated heterocycles. The van der Waals surface area contributed by atoms with Gasteiger partial charge in [-0.25, -0.2) is 0 Å². The van der Waals surface area contributed by atoms with E-state index in [1.807, 2.05) is 12.1 Å². The molecule has 0 atom stereocenters. The highest BCUT2D eigenvalue weighted by Gasteiger charge is 2.10. The number of tetrazole rings is 1. The molecule has 0 saturated carbocycles. The number of benzene rings is 1. The fourth-order valence-electron chi connectivity index (χ4n) is 2.71. The van der Waals surface area contributed by atoms with Gasteiger partial charge < -0.3 is 5.32 Å². The summed E-state index contributed by atoms with van der Waals surface area (Å²) in [5, 5.41) is 25.7. The number of nitrogens with one attached hydrogen (secondary N) is 2.